The van der Waals surface area contributed by atoms with Crippen molar-refractivity contribution in [3.8, 4) is 5.75 Å². The molecule has 0 spiro atoms. The molecule has 0 saturated heterocycles. The minimum absolute atomic E-state index is 0.498. The van der Waals surface area contributed by atoms with Gasteiger partial charge in [-0.3, -0.25) is 0 Å². The van der Waals surface area contributed by atoms with Gasteiger partial charge in [-0.15, -0.1) is 0 Å². The Balaban J connectivity index is 2.40. The van der Waals surface area contributed by atoms with E-state index < -0.39 is 0 Å². The predicted molar refractivity (Wildman–Crippen MR) is 74.1 cm³/mol. The maximum Gasteiger partial charge on any atom is 0.139 e. The number of alkyl halides is 1. The number of hydrogen-bond acceptors (Lipinski definition) is 1. The molecule has 0 saturated carbocycles. The van der Waals surface area contributed by atoms with Gasteiger partial charge >= 0.3 is 0 Å². The molecular weight excluding hydrogens is 311 g/mol. The molecule has 4 heteroatoms. The third-order valence-electron chi connectivity index (χ3n) is 2.39. The first kappa shape index (κ1) is 14.1. The van der Waals surface area contributed by atoms with Crippen LogP contribution in [0.3, 0.4) is 0 Å². The second-order valence-electron chi connectivity index (χ2n) is 3.77. The van der Waals surface area contributed by atoms with Crippen LogP contribution in [0.5, 0.6) is 5.75 Å². The Hall–Kier alpha value is 0.0800. The predicted octanol–water partition coefficient (Wildman–Crippen LogP) is 5.18. The molecule has 0 aliphatic heterocycles. The van der Waals surface area contributed by atoms with Gasteiger partial charge in [-0.1, -0.05) is 52.1 Å². The van der Waals surface area contributed by atoms with Crippen molar-refractivity contribution in [3.05, 3.63) is 28.2 Å². The van der Waals surface area contributed by atoms with Crippen LogP contribution in [0.2, 0.25) is 10.0 Å². The van der Waals surface area contributed by atoms with Gasteiger partial charge in [0, 0.05) is 5.33 Å². The standard InChI is InChI=1S/C12H15BrCl2O/c1-9(5-7-13)6-8-16-11-4-2-3-10(14)12(11)15/h2-4,9H,5-8H2,1H3. The van der Waals surface area contributed by atoms with Gasteiger partial charge in [0.25, 0.3) is 0 Å². The molecule has 0 N–H and O–H groups in total. The fourth-order valence-electron chi connectivity index (χ4n) is 1.30. The quantitative estimate of drug-likeness (QED) is 0.654. The fourth-order valence-corrected chi connectivity index (χ4v) is 2.42. The Kier molecular flexibility index (Phi) is 6.55. The lowest BCUT2D eigenvalue weighted by Crippen LogP contribution is -2.04. The number of benzene rings is 1. The second-order valence-corrected chi connectivity index (χ2v) is 5.35. The van der Waals surface area contributed by atoms with Gasteiger partial charge in [0.2, 0.25) is 0 Å². The molecule has 1 atom stereocenters. The SMILES string of the molecule is CC(CCBr)CCOc1cccc(Cl)c1Cl. The topological polar surface area (TPSA) is 9.23 Å². The van der Waals surface area contributed by atoms with Crippen molar-refractivity contribution >= 4 is 39.1 Å². The maximum absolute atomic E-state index is 6.01. The van der Waals surface area contributed by atoms with E-state index in [2.05, 4.69) is 22.9 Å². The summed E-state index contributed by atoms with van der Waals surface area (Å²) in [5.74, 6) is 1.32. The lowest BCUT2D eigenvalue weighted by atomic mass is 10.1. The Morgan fingerprint density at radius 2 is 2.06 bits per heavy atom. The molecule has 0 amide bonds. The zero-order valence-electron chi connectivity index (χ0n) is 9.18. The first-order valence-electron chi connectivity index (χ1n) is 5.28. The molecule has 0 aliphatic carbocycles. The minimum Gasteiger partial charge on any atom is -0.492 e. The van der Waals surface area contributed by atoms with Crippen molar-refractivity contribution in [1.82, 2.24) is 0 Å². The van der Waals surface area contributed by atoms with Crippen LogP contribution in [0.1, 0.15) is 19.8 Å². The van der Waals surface area contributed by atoms with Gasteiger partial charge in [0.1, 0.15) is 10.8 Å². The molecule has 1 rings (SSSR count). The molecule has 0 aromatic heterocycles. The largest absolute Gasteiger partial charge is 0.492 e. The van der Waals surface area contributed by atoms with E-state index in [1.165, 1.54) is 0 Å². The summed E-state index contributed by atoms with van der Waals surface area (Å²) >= 11 is 15.3. The summed E-state index contributed by atoms with van der Waals surface area (Å²) in [4.78, 5) is 0. The highest BCUT2D eigenvalue weighted by Crippen LogP contribution is 2.31. The van der Waals surface area contributed by atoms with E-state index in [0.29, 0.717) is 28.3 Å². The van der Waals surface area contributed by atoms with Gasteiger partial charge in [-0.2, -0.15) is 0 Å². The third-order valence-corrected chi connectivity index (χ3v) is 3.65. The summed E-state index contributed by atoms with van der Waals surface area (Å²) in [6.45, 7) is 2.89. The average Bonchev–Trinajstić information content (AvgIpc) is 2.25. The molecule has 0 heterocycles. The molecule has 1 unspecified atom stereocenters. The molecule has 1 aromatic carbocycles. The van der Waals surface area contributed by atoms with Crippen LogP contribution in [-0.4, -0.2) is 11.9 Å². The van der Waals surface area contributed by atoms with Crippen molar-refractivity contribution in [2.45, 2.75) is 19.8 Å². The zero-order chi connectivity index (χ0) is 12.0. The highest BCUT2D eigenvalue weighted by Gasteiger charge is 2.06. The Bertz CT molecular complexity index is 331. The molecule has 16 heavy (non-hydrogen) atoms. The van der Waals surface area contributed by atoms with Crippen molar-refractivity contribution < 1.29 is 4.74 Å². The first-order chi connectivity index (χ1) is 7.65. The molecular formula is C12H15BrCl2O. The summed E-state index contributed by atoms with van der Waals surface area (Å²) in [5, 5.41) is 2.07. The number of ether oxygens (including phenoxy) is 1. The molecule has 1 nitrogen and oxygen atoms in total. The van der Waals surface area contributed by atoms with Crippen LogP contribution in [-0.2, 0) is 0 Å². The summed E-state index contributed by atoms with van der Waals surface area (Å²) < 4.78 is 5.60. The first-order valence-corrected chi connectivity index (χ1v) is 7.15. The van der Waals surface area contributed by atoms with E-state index in [0.717, 1.165) is 18.2 Å². The van der Waals surface area contributed by atoms with E-state index in [-0.39, 0.29) is 0 Å². The minimum atomic E-state index is 0.498. The van der Waals surface area contributed by atoms with Crippen molar-refractivity contribution in [2.75, 3.05) is 11.9 Å². The van der Waals surface area contributed by atoms with E-state index in [1.807, 2.05) is 12.1 Å². The van der Waals surface area contributed by atoms with Gasteiger partial charge < -0.3 is 4.74 Å². The summed E-state index contributed by atoms with van der Waals surface area (Å²) in [7, 11) is 0. The van der Waals surface area contributed by atoms with Crippen molar-refractivity contribution in [1.29, 1.82) is 0 Å². The molecule has 0 aliphatic rings. The molecule has 0 radical (unpaired) electrons. The van der Waals surface area contributed by atoms with Gasteiger partial charge in [-0.05, 0) is 30.9 Å². The van der Waals surface area contributed by atoms with Crippen LogP contribution in [0.25, 0.3) is 0 Å². The zero-order valence-corrected chi connectivity index (χ0v) is 12.3. The van der Waals surface area contributed by atoms with Crippen LogP contribution >= 0.6 is 39.1 Å². The van der Waals surface area contributed by atoms with E-state index >= 15 is 0 Å². The van der Waals surface area contributed by atoms with Gasteiger partial charge in [-0.25, -0.2) is 0 Å². The Morgan fingerprint density at radius 3 is 2.75 bits per heavy atom. The van der Waals surface area contributed by atoms with E-state index in [1.54, 1.807) is 6.07 Å². The van der Waals surface area contributed by atoms with Gasteiger partial charge in [0.05, 0.1) is 11.6 Å². The van der Waals surface area contributed by atoms with Crippen LogP contribution < -0.4 is 4.74 Å². The maximum atomic E-state index is 6.01. The smallest absolute Gasteiger partial charge is 0.139 e. The fraction of sp³-hybridized carbons (Fsp3) is 0.500. The molecule has 0 fully saturated rings. The molecule has 1 aromatic rings. The number of hydrogen-bond donors (Lipinski definition) is 0. The van der Waals surface area contributed by atoms with Crippen LogP contribution in [0.15, 0.2) is 18.2 Å². The summed E-state index contributed by atoms with van der Waals surface area (Å²) in [6, 6.07) is 5.43. The third kappa shape index (κ3) is 4.52. The highest BCUT2D eigenvalue weighted by atomic mass is 79.9. The normalized spacial score (nSPS) is 12.5. The van der Waals surface area contributed by atoms with Crippen LogP contribution in [0, 0.1) is 5.92 Å². The van der Waals surface area contributed by atoms with E-state index in [4.69, 9.17) is 27.9 Å². The second kappa shape index (κ2) is 7.41. The lowest BCUT2D eigenvalue weighted by molar-refractivity contribution is 0.282. The van der Waals surface area contributed by atoms with Crippen molar-refractivity contribution in [2.24, 2.45) is 5.92 Å². The van der Waals surface area contributed by atoms with E-state index in [9.17, 15) is 0 Å². The highest BCUT2D eigenvalue weighted by molar-refractivity contribution is 9.09. The number of rotatable bonds is 6. The molecule has 0 bridgehead atoms. The Morgan fingerprint density at radius 1 is 1.31 bits per heavy atom. The summed E-state index contributed by atoms with van der Waals surface area (Å²) in [6.07, 6.45) is 2.18. The summed E-state index contributed by atoms with van der Waals surface area (Å²) in [5.41, 5.74) is 0. The number of halogens is 3. The average molecular weight is 326 g/mol. The monoisotopic (exact) mass is 324 g/mol. The van der Waals surface area contributed by atoms with Gasteiger partial charge in [0.15, 0.2) is 0 Å². The Labute approximate surface area is 115 Å². The lowest BCUT2D eigenvalue weighted by Gasteiger charge is -2.12. The van der Waals surface area contributed by atoms with Crippen LogP contribution in [0.4, 0.5) is 0 Å². The van der Waals surface area contributed by atoms with Crippen molar-refractivity contribution in [3.63, 3.8) is 0 Å². The molecule has 90 valence electrons.